The molecule has 0 spiro atoms. The van der Waals surface area contributed by atoms with E-state index in [1.54, 1.807) is 12.3 Å². The molecule has 0 fully saturated rings. The van der Waals surface area contributed by atoms with Crippen molar-refractivity contribution in [2.45, 2.75) is 19.6 Å². The molecule has 2 rings (SSSR count). The topological polar surface area (TPSA) is 71.9 Å². The number of halogens is 1. The summed E-state index contributed by atoms with van der Waals surface area (Å²) in [6.07, 6.45) is 1.59. The zero-order valence-corrected chi connectivity index (χ0v) is 12.6. The first kappa shape index (κ1) is 14.5. The minimum Gasteiger partial charge on any atom is -0.488 e. The number of nitrogens with zero attached hydrogens (tertiary/aromatic N) is 2. The first-order valence-electron chi connectivity index (χ1n) is 6.13. The summed E-state index contributed by atoms with van der Waals surface area (Å²) in [5, 5.41) is 9.00. The van der Waals surface area contributed by atoms with Crippen LogP contribution in [0.3, 0.4) is 0 Å². The van der Waals surface area contributed by atoms with Crippen LogP contribution in [0.4, 0.5) is 0 Å². The molecule has 1 heterocycles. The van der Waals surface area contributed by atoms with E-state index in [-0.39, 0.29) is 12.6 Å². The fourth-order valence-electron chi connectivity index (χ4n) is 1.82. The van der Waals surface area contributed by atoms with Crippen LogP contribution < -0.4 is 10.5 Å². The summed E-state index contributed by atoms with van der Waals surface area (Å²) in [5.74, 6) is 0.718. The largest absolute Gasteiger partial charge is 0.488 e. The summed E-state index contributed by atoms with van der Waals surface area (Å²) in [4.78, 5) is 4.01. The van der Waals surface area contributed by atoms with Crippen LogP contribution in [0, 0.1) is 11.3 Å². The second kappa shape index (κ2) is 6.51. The number of rotatable bonds is 4. The highest BCUT2D eigenvalue weighted by Crippen LogP contribution is 2.28. The number of pyridine rings is 1. The lowest BCUT2D eigenvalue weighted by atomic mass is 10.1. The van der Waals surface area contributed by atoms with Crippen LogP contribution in [0.5, 0.6) is 5.75 Å². The summed E-state index contributed by atoms with van der Waals surface area (Å²) >= 11 is 3.42. The number of aromatic nitrogens is 1. The monoisotopic (exact) mass is 331 g/mol. The van der Waals surface area contributed by atoms with E-state index in [0.29, 0.717) is 5.69 Å². The summed E-state index contributed by atoms with van der Waals surface area (Å²) in [6, 6.07) is 11.2. The van der Waals surface area contributed by atoms with Crippen molar-refractivity contribution in [1.82, 2.24) is 4.98 Å². The molecule has 0 amide bonds. The van der Waals surface area contributed by atoms with E-state index >= 15 is 0 Å². The molecule has 0 saturated carbocycles. The van der Waals surface area contributed by atoms with Gasteiger partial charge in [-0.2, -0.15) is 5.26 Å². The molecule has 20 heavy (non-hydrogen) atoms. The van der Waals surface area contributed by atoms with Gasteiger partial charge in [-0.1, -0.05) is 22.0 Å². The molecule has 2 N–H and O–H groups in total. The zero-order chi connectivity index (χ0) is 14.5. The summed E-state index contributed by atoms with van der Waals surface area (Å²) in [7, 11) is 0. The lowest BCUT2D eigenvalue weighted by molar-refractivity contribution is 0.300. The Hall–Kier alpha value is -1.90. The Labute approximate surface area is 126 Å². The molecular weight excluding hydrogens is 318 g/mol. The Kier molecular flexibility index (Phi) is 4.72. The molecule has 0 unspecified atom stereocenters. The van der Waals surface area contributed by atoms with Crippen LogP contribution in [-0.2, 0) is 6.61 Å². The standard InChI is InChI=1S/C15H14BrN3O/c1-10(18)13-7-12(16)4-5-15(13)20-9-11-3-2-6-19-14(11)8-17/h2-7,10H,9,18H2,1H3/t10-/m1/s1. The third kappa shape index (κ3) is 3.35. The molecule has 0 radical (unpaired) electrons. The maximum Gasteiger partial charge on any atom is 0.147 e. The Balaban J connectivity index is 2.21. The van der Waals surface area contributed by atoms with Crippen molar-refractivity contribution in [2.75, 3.05) is 0 Å². The SMILES string of the molecule is C[C@@H](N)c1cc(Br)ccc1OCc1cccnc1C#N. The molecule has 1 aromatic heterocycles. The molecule has 0 saturated heterocycles. The van der Waals surface area contributed by atoms with E-state index < -0.39 is 0 Å². The molecule has 2 aromatic rings. The van der Waals surface area contributed by atoms with Crippen molar-refractivity contribution in [3.63, 3.8) is 0 Å². The van der Waals surface area contributed by atoms with Gasteiger partial charge in [0.25, 0.3) is 0 Å². The van der Waals surface area contributed by atoms with Crippen LogP contribution in [0.15, 0.2) is 41.0 Å². The quantitative estimate of drug-likeness (QED) is 0.932. The molecule has 0 aliphatic carbocycles. The van der Waals surface area contributed by atoms with Crippen molar-refractivity contribution in [3.8, 4) is 11.8 Å². The Bertz CT molecular complexity index is 650. The van der Waals surface area contributed by atoms with E-state index in [1.807, 2.05) is 31.2 Å². The molecule has 1 aromatic carbocycles. The summed E-state index contributed by atoms with van der Waals surface area (Å²) in [6.45, 7) is 2.19. The van der Waals surface area contributed by atoms with Crippen LogP contribution in [0.2, 0.25) is 0 Å². The van der Waals surface area contributed by atoms with E-state index in [0.717, 1.165) is 21.3 Å². The third-order valence-electron chi connectivity index (χ3n) is 2.84. The lowest BCUT2D eigenvalue weighted by Gasteiger charge is -2.14. The maximum absolute atomic E-state index is 9.00. The van der Waals surface area contributed by atoms with E-state index in [1.165, 1.54) is 0 Å². The van der Waals surface area contributed by atoms with Gasteiger partial charge in [-0.05, 0) is 31.2 Å². The third-order valence-corrected chi connectivity index (χ3v) is 3.34. The number of benzene rings is 1. The van der Waals surface area contributed by atoms with Crippen molar-refractivity contribution in [2.24, 2.45) is 5.73 Å². The fourth-order valence-corrected chi connectivity index (χ4v) is 2.20. The van der Waals surface area contributed by atoms with Crippen molar-refractivity contribution < 1.29 is 4.74 Å². The lowest BCUT2D eigenvalue weighted by Crippen LogP contribution is -2.08. The van der Waals surface area contributed by atoms with Gasteiger partial charge in [0, 0.05) is 27.8 Å². The van der Waals surface area contributed by atoms with Gasteiger partial charge in [-0.25, -0.2) is 4.98 Å². The van der Waals surface area contributed by atoms with Gasteiger partial charge in [0.2, 0.25) is 0 Å². The Morgan fingerprint density at radius 3 is 2.95 bits per heavy atom. The van der Waals surface area contributed by atoms with Gasteiger partial charge in [0.15, 0.2) is 0 Å². The van der Waals surface area contributed by atoms with Gasteiger partial charge >= 0.3 is 0 Å². The average Bonchev–Trinajstić information content (AvgIpc) is 2.46. The smallest absolute Gasteiger partial charge is 0.147 e. The first-order chi connectivity index (χ1) is 9.61. The minimum atomic E-state index is -0.133. The van der Waals surface area contributed by atoms with Crippen molar-refractivity contribution in [1.29, 1.82) is 5.26 Å². The highest BCUT2D eigenvalue weighted by molar-refractivity contribution is 9.10. The van der Waals surface area contributed by atoms with Crippen LogP contribution in [-0.4, -0.2) is 4.98 Å². The number of hydrogen-bond acceptors (Lipinski definition) is 4. The molecule has 1 atom stereocenters. The second-order valence-electron chi connectivity index (χ2n) is 4.38. The summed E-state index contributed by atoms with van der Waals surface area (Å²) in [5.41, 5.74) is 8.00. The normalized spacial score (nSPS) is 11.7. The molecule has 0 bridgehead atoms. The van der Waals surface area contributed by atoms with E-state index in [2.05, 4.69) is 27.0 Å². The Morgan fingerprint density at radius 2 is 2.25 bits per heavy atom. The molecular formula is C15H14BrN3O. The highest BCUT2D eigenvalue weighted by Gasteiger charge is 2.10. The molecule has 4 nitrogen and oxygen atoms in total. The fraction of sp³-hybridized carbons (Fsp3) is 0.200. The van der Waals surface area contributed by atoms with Gasteiger partial charge in [0.05, 0.1) is 0 Å². The maximum atomic E-state index is 9.00. The predicted molar refractivity (Wildman–Crippen MR) is 80.0 cm³/mol. The number of ether oxygens (including phenoxy) is 1. The predicted octanol–water partition coefficient (Wildman–Crippen LogP) is 3.31. The molecule has 0 aliphatic heterocycles. The molecule has 102 valence electrons. The molecule has 0 aliphatic rings. The van der Waals surface area contributed by atoms with Crippen molar-refractivity contribution >= 4 is 15.9 Å². The molecule has 5 heteroatoms. The van der Waals surface area contributed by atoms with Crippen LogP contribution >= 0.6 is 15.9 Å². The van der Waals surface area contributed by atoms with Crippen molar-refractivity contribution in [3.05, 3.63) is 57.8 Å². The van der Waals surface area contributed by atoms with E-state index in [9.17, 15) is 0 Å². The number of nitrogens with two attached hydrogens (primary N) is 1. The second-order valence-corrected chi connectivity index (χ2v) is 5.30. The first-order valence-corrected chi connectivity index (χ1v) is 6.93. The van der Waals surface area contributed by atoms with Gasteiger partial charge in [-0.15, -0.1) is 0 Å². The van der Waals surface area contributed by atoms with E-state index in [4.69, 9.17) is 15.7 Å². The minimum absolute atomic E-state index is 0.133. The van der Waals surface area contributed by atoms with Gasteiger partial charge in [-0.3, -0.25) is 0 Å². The highest BCUT2D eigenvalue weighted by atomic mass is 79.9. The van der Waals surface area contributed by atoms with Gasteiger partial charge in [0.1, 0.15) is 24.1 Å². The van der Waals surface area contributed by atoms with Crippen LogP contribution in [0.1, 0.15) is 29.8 Å². The zero-order valence-electron chi connectivity index (χ0n) is 11.0. The summed E-state index contributed by atoms with van der Waals surface area (Å²) < 4.78 is 6.74. The van der Waals surface area contributed by atoms with Crippen LogP contribution in [0.25, 0.3) is 0 Å². The number of nitriles is 1. The average molecular weight is 332 g/mol. The van der Waals surface area contributed by atoms with Gasteiger partial charge < -0.3 is 10.5 Å². The number of hydrogen-bond donors (Lipinski definition) is 1. The Morgan fingerprint density at radius 1 is 1.45 bits per heavy atom.